The molecule has 2 atom stereocenters. The molecule has 5 rings (SSSR count). The number of hydrogen-bond donors (Lipinski definition) is 2. The highest BCUT2D eigenvalue weighted by Gasteiger charge is 2.38. The van der Waals surface area contributed by atoms with E-state index in [0.29, 0.717) is 6.07 Å². The minimum atomic E-state index is -4.85. The van der Waals surface area contributed by atoms with E-state index < -0.39 is 52.9 Å². The molecule has 1 saturated heterocycles. The Balaban J connectivity index is 1.45. The summed E-state index contributed by atoms with van der Waals surface area (Å²) < 4.78 is 71.8. The zero-order chi connectivity index (χ0) is 28.1. The van der Waals surface area contributed by atoms with Gasteiger partial charge in [0.2, 0.25) is 0 Å². The number of aryl methyl sites for hydroxylation is 1. The predicted molar refractivity (Wildman–Crippen MR) is 129 cm³/mol. The van der Waals surface area contributed by atoms with E-state index >= 15 is 4.39 Å². The summed E-state index contributed by atoms with van der Waals surface area (Å²) in [5, 5.41) is 6.31. The van der Waals surface area contributed by atoms with Gasteiger partial charge in [-0.3, -0.25) is 14.6 Å². The number of nitrogens with zero attached hydrogens (tertiary/aromatic N) is 5. The Morgan fingerprint density at radius 3 is 2.59 bits per heavy atom. The van der Waals surface area contributed by atoms with Crippen LogP contribution >= 0.6 is 0 Å². The van der Waals surface area contributed by atoms with Crippen LogP contribution in [0.15, 0.2) is 48.9 Å². The third-order valence-corrected chi connectivity index (χ3v) is 6.46. The predicted octanol–water partition coefficient (Wildman–Crippen LogP) is 3.43. The van der Waals surface area contributed by atoms with Crippen LogP contribution in [0.25, 0.3) is 16.8 Å². The lowest BCUT2D eigenvalue weighted by molar-refractivity contribution is -0.136. The molecular formula is C25H20F5N7O2. The van der Waals surface area contributed by atoms with Crippen LogP contribution in [0.3, 0.4) is 0 Å². The molecule has 1 aromatic carbocycles. The quantitative estimate of drug-likeness (QED) is 0.380. The first-order chi connectivity index (χ1) is 18.5. The Kier molecular flexibility index (Phi) is 6.40. The monoisotopic (exact) mass is 545 g/mol. The van der Waals surface area contributed by atoms with E-state index in [4.69, 9.17) is 5.73 Å². The highest BCUT2D eigenvalue weighted by molar-refractivity contribution is 5.97. The number of anilines is 1. The van der Waals surface area contributed by atoms with Gasteiger partial charge < -0.3 is 16.0 Å². The molecule has 0 spiro atoms. The van der Waals surface area contributed by atoms with E-state index in [2.05, 4.69) is 20.4 Å². The van der Waals surface area contributed by atoms with Crippen LogP contribution in [0.4, 0.5) is 27.8 Å². The van der Waals surface area contributed by atoms with Gasteiger partial charge in [-0.2, -0.15) is 18.3 Å². The van der Waals surface area contributed by atoms with Crippen molar-refractivity contribution in [1.82, 2.24) is 29.8 Å². The number of nitrogen functional groups attached to an aromatic ring is 1. The van der Waals surface area contributed by atoms with E-state index in [9.17, 15) is 27.2 Å². The number of carbonyl (C=O) groups excluding carboxylic acids is 2. The van der Waals surface area contributed by atoms with Crippen LogP contribution in [0.2, 0.25) is 0 Å². The standard InChI is InChI=1S/C25H20F5N7O2/c1-12-6-16(26)14(20-8-15(25(28,29)30)21-22(31)33-11-34-37(20)21)7-13(12)23(38)35-19-10-36(9-17(19)27)24(39)18-4-2-3-5-32-18/h2-8,11,17,19H,9-10H2,1H3,(H,35,38)(H2,31,33,34)/t17-,19+/m0/s1. The van der Waals surface area contributed by atoms with Crippen molar-refractivity contribution in [1.29, 1.82) is 0 Å². The molecule has 4 heterocycles. The fourth-order valence-corrected chi connectivity index (χ4v) is 4.55. The third kappa shape index (κ3) is 4.73. The Morgan fingerprint density at radius 1 is 1.13 bits per heavy atom. The molecule has 1 aliphatic heterocycles. The number of nitrogens with two attached hydrogens (primary N) is 1. The summed E-state index contributed by atoms with van der Waals surface area (Å²) in [5.74, 6) is -2.67. The molecule has 14 heteroatoms. The summed E-state index contributed by atoms with van der Waals surface area (Å²) in [5.41, 5.74) is 3.44. The van der Waals surface area contributed by atoms with E-state index in [1.54, 1.807) is 12.1 Å². The fraction of sp³-hybridized carbons (Fsp3) is 0.240. The number of carbonyl (C=O) groups is 2. The lowest BCUT2D eigenvalue weighted by atomic mass is 10.0. The molecule has 9 nitrogen and oxygen atoms in total. The molecule has 0 aliphatic carbocycles. The van der Waals surface area contributed by atoms with Gasteiger partial charge >= 0.3 is 6.18 Å². The number of hydrogen-bond acceptors (Lipinski definition) is 6. The summed E-state index contributed by atoms with van der Waals surface area (Å²) >= 11 is 0. The summed E-state index contributed by atoms with van der Waals surface area (Å²) in [6.45, 7) is 1.02. The van der Waals surface area contributed by atoms with Crippen molar-refractivity contribution < 1.29 is 31.5 Å². The highest BCUT2D eigenvalue weighted by atomic mass is 19.4. The Labute approximate surface area is 217 Å². The van der Waals surface area contributed by atoms with Crippen LogP contribution in [0.1, 0.15) is 32.0 Å². The van der Waals surface area contributed by atoms with Crippen LogP contribution in [0.5, 0.6) is 0 Å². The largest absolute Gasteiger partial charge is 0.418 e. The van der Waals surface area contributed by atoms with Crippen molar-refractivity contribution in [2.24, 2.45) is 0 Å². The van der Waals surface area contributed by atoms with Crippen molar-refractivity contribution in [2.75, 3.05) is 18.8 Å². The lowest BCUT2D eigenvalue weighted by Gasteiger charge is -2.17. The molecular weight excluding hydrogens is 525 g/mol. The zero-order valence-electron chi connectivity index (χ0n) is 20.2. The maximum Gasteiger partial charge on any atom is 0.418 e. The van der Waals surface area contributed by atoms with Gasteiger partial charge in [-0.15, -0.1) is 0 Å². The maximum absolute atomic E-state index is 15.1. The third-order valence-electron chi connectivity index (χ3n) is 6.46. The fourth-order valence-electron chi connectivity index (χ4n) is 4.55. The smallest absolute Gasteiger partial charge is 0.382 e. The summed E-state index contributed by atoms with van der Waals surface area (Å²) in [4.78, 5) is 34.5. The topological polar surface area (TPSA) is 119 Å². The number of alkyl halides is 4. The molecule has 4 aromatic rings. The number of fused-ring (bicyclic) bond motifs is 1. The first-order valence-corrected chi connectivity index (χ1v) is 11.6. The van der Waals surface area contributed by atoms with Crippen molar-refractivity contribution in [3.8, 4) is 11.3 Å². The van der Waals surface area contributed by atoms with Crippen molar-refractivity contribution in [3.05, 3.63) is 77.1 Å². The molecule has 3 N–H and O–H groups in total. The number of halogens is 5. The number of amides is 2. The average molecular weight is 545 g/mol. The van der Waals surface area contributed by atoms with Gasteiger partial charge in [0.15, 0.2) is 5.82 Å². The Morgan fingerprint density at radius 2 is 1.90 bits per heavy atom. The van der Waals surface area contributed by atoms with Crippen molar-refractivity contribution in [3.63, 3.8) is 0 Å². The lowest BCUT2D eigenvalue weighted by Crippen LogP contribution is -2.42. The molecule has 1 fully saturated rings. The summed E-state index contributed by atoms with van der Waals surface area (Å²) in [6, 6.07) is 6.38. The molecule has 202 valence electrons. The number of rotatable bonds is 4. The second kappa shape index (κ2) is 9.60. The number of nitrogens with one attached hydrogen (secondary N) is 1. The van der Waals surface area contributed by atoms with Gasteiger partial charge in [0.05, 0.1) is 23.8 Å². The minimum Gasteiger partial charge on any atom is -0.382 e. The van der Waals surface area contributed by atoms with Gasteiger partial charge in [-0.1, -0.05) is 6.07 Å². The first kappa shape index (κ1) is 26.0. The minimum absolute atomic E-state index is 0.0985. The molecule has 0 unspecified atom stereocenters. The number of benzene rings is 1. The Hall–Kier alpha value is -4.62. The SMILES string of the molecule is Cc1cc(F)c(-c2cc(C(F)(F)F)c3c(N)ncnn23)cc1C(=O)N[C@@H]1CN(C(=O)c2ccccn2)C[C@@H]1F. The van der Waals surface area contributed by atoms with E-state index in [-0.39, 0.29) is 41.2 Å². The summed E-state index contributed by atoms with van der Waals surface area (Å²) in [6.07, 6.45) is -4.09. The Bertz CT molecular complexity index is 1590. The first-order valence-electron chi connectivity index (χ1n) is 11.6. The number of pyridine rings is 1. The maximum atomic E-state index is 15.1. The van der Waals surface area contributed by atoms with Gasteiger partial charge in [0.25, 0.3) is 11.8 Å². The average Bonchev–Trinajstić information content (AvgIpc) is 3.46. The van der Waals surface area contributed by atoms with Gasteiger partial charge in [0.1, 0.15) is 29.5 Å². The molecule has 1 aliphatic rings. The molecule has 0 bridgehead atoms. The number of aromatic nitrogens is 4. The molecule has 3 aromatic heterocycles. The van der Waals surface area contributed by atoms with Gasteiger partial charge in [-0.25, -0.2) is 18.3 Å². The number of likely N-dealkylation sites (tertiary alicyclic amines) is 1. The van der Waals surface area contributed by atoms with Crippen molar-refractivity contribution >= 4 is 23.1 Å². The second-order valence-electron chi connectivity index (χ2n) is 9.01. The summed E-state index contributed by atoms with van der Waals surface area (Å²) in [7, 11) is 0. The highest BCUT2D eigenvalue weighted by Crippen LogP contribution is 2.39. The van der Waals surface area contributed by atoms with Gasteiger partial charge in [-0.05, 0) is 42.8 Å². The zero-order valence-corrected chi connectivity index (χ0v) is 20.2. The van der Waals surface area contributed by atoms with Crippen LogP contribution in [-0.4, -0.2) is 61.6 Å². The van der Waals surface area contributed by atoms with Crippen LogP contribution in [0, 0.1) is 12.7 Å². The molecule has 0 saturated carbocycles. The normalized spacial score (nSPS) is 17.5. The van der Waals surface area contributed by atoms with E-state index in [1.807, 2.05) is 0 Å². The van der Waals surface area contributed by atoms with Gasteiger partial charge in [0, 0.05) is 23.9 Å². The van der Waals surface area contributed by atoms with E-state index in [1.165, 1.54) is 24.1 Å². The second-order valence-corrected chi connectivity index (χ2v) is 9.01. The molecule has 2 amide bonds. The van der Waals surface area contributed by atoms with Crippen molar-refractivity contribution in [2.45, 2.75) is 25.3 Å². The van der Waals surface area contributed by atoms with Crippen LogP contribution in [-0.2, 0) is 6.18 Å². The van der Waals surface area contributed by atoms with E-state index in [0.717, 1.165) is 23.0 Å². The molecule has 0 radical (unpaired) electrons. The molecule has 39 heavy (non-hydrogen) atoms. The van der Waals surface area contributed by atoms with Crippen LogP contribution < -0.4 is 11.1 Å².